The van der Waals surface area contributed by atoms with Crippen LogP contribution in [0.15, 0.2) is 41.6 Å². The lowest BCUT2D eigenvalue weighted by atomic mass is 9.91. The fourth-order valence-electron chi connectivity index (χ4n) is 3.37. The first kappa shape index (κ1) is 16.5. The summed E-state index contributed by atoms with van der Waals surface area (Å²) >= 11 is 0. The zero-order chi connectivity index (χ0) is 17.4. The second kappa shape index (κ2) is 6.25. The molecule has 0 fully saturated rings. The highest BCUT2D eigenvalue weighted by atomic mass is 16.4. The largest absolute Gasteiger partial charge is 0.411 e. The van der Waals surface area contributed by atoms with Crippen molar-refractivity contribution in [1.82, 2.24) is 0 Å². The van der Waals surface area contributed by atoms with E-state index in [1.807, 2.05) is 31.2 Å². The molecule has 1 aliphatic carbocycles. The topological polar surface area (TPSA) is 52.8 Å². The van der Waals surface area contributed by atoms with Crippen molar-refractivity contribution in [2.24, 2.45) is 5.16 Å². The molecule has 0 amide bonds. The summed E-state index contributed by atoms with van der Waals surface area (Å²) in [6.07, 6.45) is -0.323. The quantitative estimate of drug-likeness (QED) is 0.635. The highest BCUT2D eigenvalue weighted by molar-refractivity contribution is 6.34. The maximum Gasteiger partial charge on any atom is 0.0907 e. The average Bonchev–Trinajstić information content (AvgIpc) is 2.89. The zero-order valence-corrected chi connectivity index (χ0v) is 14.6. The smallest absolute Gasteiger partial charge is 0.0907 e. The number of allylic oxidation sites excluding steroid dienone is 1. The van der Waals surface area contributed by atoms with Crippen molar-refractivity contribution < 1.29 is 10.3 Å². The van der Waals surface area contributed by atoms with E-state index in [-0.39, 0.29) is 0 Å². The van der Waals surface area contributed by atoms with E-state index in [0.29, 0.717) is 12.1 Å². The predicted molar refractivity (Wildman–Crippen MR) is 98.5 cm³/mol. The summed E-state index contributed by atoms with van der Waals surface area (Å²) in [5, 5.41) is 23.5. The van der Waals surface area contributed by atoms with Crippen LogP contribution in [-0.4, -0.2) is 22.1 Å². The van der Waals surface area contributed by atoms with Crippen molar-refractivity contribution in [3.8, 4) is 0 Å². The van der Waals surface area contributed by atoms with Crippen LogP contribution in [0.4, 0.5) is 0 Å². The molecule has 0 aliphatic heterocycles. The van der Waals surface area contributed by atoms with Crippen LogP contribution >= 0.6 is 0 Å². The summed E-state index contributed by atoms with van der Waals surface area (Å²) in [7, 11) is 0. The Hall–Kier alpha value is -2.39. The van der Waals surface area contributed by atoms with Crippen molar-refractivity contribution in [3.63, 3.8) is 0 Å². The Balaban J connectivity index is 2.27. The summed E-state index contributed by atoms with van der Waals surface area (Å²) in [4.78, 5) is 0. The summed E-state index contributed by atoms with van der Waals surface area (Å²) < 4.78 is 0. The number of hydrogen-bond donors (Lipinski definition) is 2. The Morgan fingerprint density at radius 3 is 2.04 bits per heavy atom. The predicted octanol–water partition coefficient (Wildman–Crippen LogP) is 4.43. The zero-order valence-electron chi connectivity index (χ0n) is 14.6. The maximum atomic E-state index is 10.6. The van der Waals surface area contributed by atoms with Gasteiger partial charge < -0.3 is 10.3 Å². The van der Waals surface area contributed by atoms with Gasteiger partial charge in [-0.1, -0.05) is 47.1 Å². The van der Waals surface area contributed by atoms with Crippen LogP contribution in [0, 0.1) is 27.7 Å². The number of oxime groups is 1. The molecule has 1 atom stereocenters. The molecule has 0 radical (unpaired) electrons. The van der Waals surface area contributed by atoms with Crippen molar-refractivity contribution >= 4 is 16.9 Å². The van der Waals surface area contributed by atoms with Gasteiger partial charge in [0.15, 0.2) is 0 Å². The van der Waals surface area contributed by atoms with E-state index in [9.17, 15) is 10.3 Å². The van der Waals surface area contributed by atoms with Gasteiger partial charge in [0.25, 0.3) is 0 Å². The molecule has 2 aromatic carbocycles. The lowest BCUT2D eigenvalue weighted by Gasteiger charge is -2.14. The number of benzene rings is 2. The Morgan fingerprint density at radius 2 is 1.50 bits per heavy atom. The highest BCUT2D eigenvalue weighted by Gasteiger charge is 2.31. The minimum absolute atomic E-state index is 0.334. The van der Waals surface area contributed by atoms with E-state index in [1.165, 1.54) is 22.3 Å². The molecular formula is C21H23NO2. The fourth-order valence-corrected chi connectivity index (χ4v) is 3.37. The Labute approximate surface area is 143 Å². The van der Waals surface area contributed by atoms with Gasteiger partial charge in [-0.15, -0.1) is 0 Å². The molecule has 3 heteroatoms. The Morgan fingerprint density at radius 1 is 0.917 bits per heavy atom. The number of nitrogens with zero attached hydrogens (tertiary/aromatic N) is 1. The molecule has 124 valence electrons. The van der Waals surface area contributed by atoms with Gasteiger partial charge >= 0.3 is 0 Å². The van der Waals surface area contributed by atoms with Crippen LogP contribution in [-0.2, 0) is 0 Å². The van der Waals surface area contributed by atoms with Crippen LogP contribution in [0.2, 0.25) is 0 Å². The van der Waals surface area contributed by atoms with Crippen LogP contribution in [0.25, 0.3) is 11.1 Å². The first-order chi connectivity index (χ1) is 11.4. The van der Waals surface area contributed by atoms with Crippen LogP contribution in [0.1, 0.15) is 39.8 Å². The summed E-state index contributed by atoms with van der Waals surface area (Å²) in [6, 6.07) is 12.3. The lowest BCUT2D eigenvalue weighted by molar-refractivity contribution is 0.242. The monoisotopic (exact) mass is 321 g/mol. The Bertz CT molecular complexity index is 822. The van der Waals surface area contributed by atoms with E-state index in [1.54, 1.807) is 0 Å². The third kappa shape index (κ3) is 2.76. The number of hydrogen-bond acceptors (Lipinski definition) is 3. The van der Waals surface area contributed by atoms with Gasteiger partial charge in [-0.05, 0) is 61.1 Å². The molecule has 24 heavy (non-hydrogen) atoms. The van der Waals surface area contributed by atoms with Crippen LogP contribution in [0.3, 0.4) is 0 Å². The van der Waals surface area contributed by atoms with Gasteiger partial charge in [-0.25, -0.2) is 0 Å². The van der Waals surface area contributed by atoms with Crippen LogP contribution < -0.4 is 0 Å². The van der Waals surface area contributed by atoms with Crippen molar-refractivity contribution in [2.75, 3.05) is 0 Å². The van der Waals surface area contributed by atoms with E-state index in [0.717, 1.165) is 22.3 Å². The van der Waals surface area contributed by atoms with Crippen molar-refractivity contribution in [1.29, 1.82) is 0 Å². The normalized spacial score (nSPS) is 19.4. The lowest BCUT2D eigenvalue weighted by Crippen LogP contribution is -2.05. The van der Waals surface area contributed by atoms with E-state index in [4.69, 9.17) is 0 Å². The summed E-state index contributed by atoms with van der Waals surface area (Å²) in [6.45, 7) is 8.31. The van der Waals surface area contributed by atoms with Gasteiger partial charge in [-0.3, -0.25) is 0 Å². The molecule has 3 rings (SSSR count). The fraction of sp³-hybridized carbons (Fsp3) is 0.286. The second-order valence-electron chi connectivity index (χ2n) is 6.66. The third-order valence-corrected chi connectivity index (χ3v) is 4.98. The molecule has 2 aromatic rings. The van der Waals surface area contributed by atoms with E-state index in [2.05, 4.69) is 38.1 Å². The molecule has 0 saturated carbocycles. The third-order valence-electron chi connectivity index (χ3n) is 4.98. The van der Waals surface area contributed by atoms with Gasteiger partial charge in [-0.2, -0.15) is 0 Å². The average molecular weight is 321 g/mol. The van der Waals surface area contributed by atoms with Gasteiger partial charge in [0.1, 0.15) is 0 Å². The number of aliphatic hydroxyl groups excluding tert-OH is 1. The maximum absolute atomic E-state index is 10.6. The first-order valence-electron chi connectivity index (χ1n) is 8.21. The minimum Gasteiger partial charge on any atom is -0.411 e. The molecule has 1 aliphatic rings. The molecule has 0 saturated heterocycles. The van der Waals surface area contributed by atoms with Gasteiger partial charge in [0.2, 0.25) is 0 Å². The summed E-state index contributed by atoms with van der Waals surface area (Å²) in [5.41, 5.74) is 9.02. The SMILES string of the molecule is Cc1ccc(C2=C(c3cc(C)c(C)c(C)c3)C(=NO)CC2O)cc1. The minimum atomic E-state index is -0.657. The number of rotatable bonds is 2. The second-order valence-corrected chi connectivity index (χ2v) is 6.66. The molecule has 0 heterocycles. The molecule has 0 aromatic heterocycles. The van der Waals surface area contributed by atoms with Crippen molar-refractivity contribution in [3.05, 3.63) is 69.8 Å². The van der Waals surface area contributed by atoms with E-state index >= 15 is 0 Å². The molecule has 2 N–H and O–H groups in total. The van der Waals surface area contributed by atoms with Crippen molar-refractivity contribution in [2.45, 2.75) is 40.2 Å². The van der Waals surface area contributed by atoms with Crippen LogP contribution in [0.5, 0.6) is 0 Å². The van der Waals surface area contributed by atoms with Gasteiger partial charge in [0, 0.05) is 12.0 Å². The first-order valence-corrected chi connectivity index (χ1v) is 8.21. The van der Waals surface area contributed by atoms with Gasteiger partial charge in [0.05, 0.1) is 11.8 Å². The molecule has 0 spiro atoms. The molecular weight excluding hydrogens is 298 g/mol. The highest BCUT2D eigenvalue weighted by Crippen LogP contribution is 2.39. The summed E-state index contributed by atoms with van der Waals surface area (Å²) in [5.74, 6) is 0. The number of aliphatic hydroxyl groups is 1. The standard InChI is InChI=1S/C21H23NO2/c1-12-5-7-16(8-6-12)21-19(23)11-18(22-24)20(21)17-9-13(2)15(4)14(3)10-17/h5-10,19,23-24H,11H2,1-4H3. The molecule has 3 nitrogen and oxygen atoms in total. The molecule has 0 bridgehead atoms. The van der Waals surface area contributed by atoms with E-state index < -0.39 is 6.10 Å². The molecule has 1 unspecified atom stereocenters. The number of aryl methyl sites for hydroxylation is 3. The Kier molecular flexibility index (Phi) is 4.29.